The van der Waals surface area contributed by atoms with Gasteiger partial charge in [-0.25, -0.2) is 0 Å². The van der Waals surface area contributed by atoms with E-state index in [9.17, 15) is 18.0 Å². The number of ketones is 1. The number of nitrogens with zero attached hydrogens (tertiary/aromatic N) is 2. The zero-order valence-electron chi connectivity index (χ0n) is 21.4. The summed E-state index contributed by atoms with van der Waals surface area (Å²) in [6.45, 7) is 3.06. The number of hydrogen-bond donors (Lipinski definition) is 2. The van der Waals surface area contributed by atoms with E-state index in [1.54, 1.807) is 12.1 Å². The second-order valence-corrected chi connectivity index (χ2v) is 10.2. The number of ether oxygens (including phenoxy) is 1. The Morgan fingerprint density at radius 1 is 1.11 bits per heavy atom. The maximum Gasteiger partial charge on any atom is 0.573 e. The molecule has 1 saturated heterocycles. The van der Waals surface area contributed by atoms with Crippen LogP contribution in [0.3, 0.4) is 0 Å². The molecule has 0 unspecified atom stereocenters. The lowest BCUT2D eigenvalue weighted by Crippen LogP contribution is -2.54. The van der Waals surface area contributed by atoms with Crippen LogP contribution < -0.4 is 15.8 Å². The van der Waals surface area contributed by atoms with Gasteiger partial charge >= 0.3 is 6.36 Å². The van der Waals surface area contributed by atoms with Gasteiger partial charge in [-0.3, -0.25) is 4.79 Å². The summed E-state index contributed by atoms with van der Waals surface area (Å²) in [6, 6.07) is 12.3. The van der Waals surface area contributed by atoms with Crippen molar-refractivity contribution in [1.82, 2.24) is 14.8 Å². The van der Waals surface area contributed by atoms with Gasteiger partial charge in [-0.15, -0.1) is 13.2 Å². The number of halogens is 3. The Bertz CT molecular complexity index is 1210. The van der Waals surface area contributed by atoms with E-state index in [0.717, 1.165) is 66.6 Å². The summed E-state index contributed by atoms with van der Waals surface area (Å²) in [5, 5.41) is 4.29. The third-order valence-corrected chi connectivity index (χ3v) is 6.95. The molecular formula is C28H35F3N4O2. The third kappa shape index (κ3) is 6.91. The highest BCUT2D eigenvalue weighted by Gasteiger charge is 2.34. The maximum absolute atomic E-state index is 12.7. The van der Waals surface area contributed by atoms with Crippen LogP contribution in [-0.2, 0) is 17.9 Å². The van der Waals surface area contributed by atoms with Gasteiger partial charge in [0, 0.05) is 42.2 Å². The van der Waals surface area contributed by atoms with Crippen molar-refractivity contribution in [3.8, 4) is 16.9 Å². The maximum atomic E-state index is 12.7. The second kappa shape index (κ2) is 11.2. The number of fused-ring (bicyclic) bond motifs is 1. The minimum Gasteiger partial charge on any atom is -0.406 e. The minimum atomic E-state index is -4.72. The highest BCUT2D eigenvalue weighted by Crippen LogP contribution is 2.34. The topological polar surface area (TPSA) is 72.5 Å². The first-order valence-electron chi connectivity index (χ1n) is 12.7. The van der Waals surface area contributed by atoms with Gasteiger partial charge in [0.1, 0.15) is 5.75 Å². The summed E-state index contributed by atoms with van der Waals surface area (Å²) >= 11 is 0. The molecule has 2 heterocycles. The van der Waals surface area contributed by atoms with Crippen molar-refractivity contribution in [3.05, 3.63) is 54.2 Å². The largest absolute Gasteiger partial charge is 0.573 e. The van der Waals surface area contributed by atoms with E-state index in [4.69, 9.17) is 5.73 Å². The Morgan fingerprint density at radius 2 is 1.81 bits per heavy atom. The van der Waals surface area contributed by atoms with E-state index in [1.807, 2.05) is 20.3 Å². The highest BCUT2D eigenvalue weighted by molar-refractivity contribution is 5.96. The van der Waals surface area contributed by atoms with Gasteiger partial charge < -0.3 is 25.3 Å². The first kappa shape index (κ1) is 27.2. The molecule has 3 aromatic rings. The Kier molecular flexibility index (Phi) is 8.26. The van der Waals surface area contributed by atoms with Crippen LogP contribution in [0.25, 0.3) is 22.0 Å². The van der Waals surface area contributed by atoms with E-state index in [-0.39, 0.29) is 11.5 Å². The van der Waals surface area contributed by atoms with Crippen molar-refractivity contribution in [1.29, 1.82) is 0 Å². The van der Waals surface area contributed by atoms with E-state index in [2.05, 4.69) is 37.7 Å². The van der Waals surface area contributed by atoms with Gasteiger partial charge in [0.2, 0.25) is 0 Å². The van der Waals surface area contributed by atoms with Gasteiger partial charge in [-0.05, 0) is 88.3 Å². The number of aryl methyl sites for hydroxylation is 1. The van der Waals surface area contributed by atoms with Crippen LogP contribution in [0.1, 0.15) is 37.7 Å². The lowest BCUT2D eigenvalue weighted by Gasteiger charge is -2.32. The number of nitrogens with one attached hydrogen (secondary N) is 1. The summed E-state index contributed by atoms with van der Waals surface area (Å²) < 4.78 is 44.0. The van der Waals surface area contributed by atoms with Crippen LogP contribution in [-0.4, -0.2) is 54.3 Å². The highest BCUT2D eigenvalue weighted by atomic mass is 19.4. The summed E-state index contributed by atoms with van der Waals surface area (Å²) in [6.07, 6.45) is 0.721. The van der Waals surface area contributed by atoms with Crippen molar-refractivity contribution in [2.75, 3.05) is 27.2 Å². The van der Waals surface area contributed by atoms with E-state index < -0.39 is 11.9 Å². The van der Waals surface area contributed by atoms with E-state index >= 15 is 0 Å². The fraction of sp³-hybridized carbons (Fsp3) is 0.464. The first-order chi connectivity index (χ1) is 17.5. The number of hydrogen-bond acceptors (Lipinski definition) is 5. The van der Waals surface area contributed by atoms with Gasteiger partial charge in [0.15, 0.2) is 5.78 Å². The molecular weight excluding hydrogens is 481 g/mol. The van der Waals surface area contributed by atoms with Crippen LogP contribution in [0.15, 0.2) is 48.7 Å². The van der Waals surface area contributed by atoms with Crippen LogP contribution in [0.2, 0.25) is 0 Å². The Balaban J connectivity index is 1.52. The smallest absolute Gasteiger partial charge is 0.406 e. The summed E-state index contributed by atoms with van der Waals surface area (Å²) in [5.74, 6) is -0.106. The third-order valence-electron chi connectivity index (χ3n) is 6.95. The number of unbranched alkanes of at least 4 members (excludes halogenated alkanes) is 1. The normalized spacial score (nSPS) is 15.9. The van der Waals surface area contributed by atoms with Crippen LogP contribution in [0.4, 0.5) is 13.2 Å². The molecule has 0 radical (unpaired) electrons. The van der Waals surface area contributed by atoms with Crippen molar-refractivity contribution in [3.63, 3.8) is 0 Å². The molecule has 1 fully saturated rings. The molecule has 1 aliphatic rings. The molecule has 200 valence electrons. The molecule has 37 heavy (non-hydrogen) atoms. The molecule has 0 bridgehead atoms. The number of benzene rings is 2. The summed E-state index contributed by atoms with van der Waals surface area (Å²) in [7, 11) is 4.01. The number of Topliss-reactive ketones (excluding diaryl/α,β-unsaturated/α-hetero) is 1. The average molecular weight is 517 g/mol. The van der Waals surface area contributed by atoms with E-state index in [0.29, 0.717) is 19.3 Å². The zero-order valence-corrected chi connectivity index (χ0v) is 21.4. The monoisotopic (exact) mass is 516 g/mol. The quantitative estimate of drug-likeness (QED) is 0.368. The molecule has 0 aliphatic carbocycles. The molecule has 4 rings (SSSR count). The second-order valence-electron chi connectivity index (χ2n) is 10.2. The number of carbonyl (C=O) groups is 1. The van der Waals surface area contributed by atoms with Gasteiger partial charge in [0.05, 0.1) is 5.54 Å². The molecule has 0 atom stereocenters. The number of aromatic nitrogens is 1. The molecule has 1 aliphatic heterocycles. The van der Waals surface area contributed by atoms with Gasteiger partial charge in [-0.1, -0.05) is 18.2 Å². The molecule has 9 heteroatoms. The molecule has 0 amide bonds. The fourth-order valence-electron chi connectivity index (χ4n) is 5.03. The average Bonchev–Trinajstić information content (AvgIpc) is 3.19. The number of rotatable bonds is 10. The Labute approximate surface area is 215 Å². The van der Waals surface area contributed by atoms with E-state index in [1.165, 1.54) is 12.1 Å². The summed E-state index contributed by atoms with van der Waals surface area (Å²) in [4.78, 5) is 14.8. The van der Waals surface area contributed by atoms with Gasteiger partial charge in [-0.2, -0.15) is 0 Å². The molecule has 0 saturated carbocycles. The zero-order chi connectivity index (χ0) is 26.6. The van der Waals surface area contributed by atoms with Crippen LogP contribution in [0.5, 0.6) is 5.75 Å². The Morgan fingerprint density at radius 3 is 2.46 bits per heavy atom. The predicted octanol–water partition coefficient (Wildman–Crippen LogP) is 5.09. The molecule has 6 nitrogen and oxygen atoms in total. The number of nitrogens with two attached hydrogens (primary N) is 1. The Hall–Kier alpha value is -2.88. The lowest BCUT2D eigenvalue weighted by atomic mass is 9.83. The predicted molar refractivity (Wildman–Crippen MR) is 139 cm³/mol. The van der Waals surface area contributed by atoms with Gasteiger partial charge in [0.25, 0.3) is 0 Å². The minimum absolute atomic E-state index is 0.140. The SMILES string of the molecule is CN(C)Cc1ccc2c(c1)c(-c1ccc(OC(F)(F)F)cc1)cn2CCCCC(=O)C1(N)CCNCC1. The molecule has 1 aromatic heterocycles. The molecule has 3 N–H and O–H groups in total. The fourth-order valence-corrected chi connectivity index (χ4v) is 5.03. The number of alkyl halides is 3. The number of piperidine rings is 1. The van der Waals surface area contributed by atoms with Crippen LogP contribution >= 0.6 is 0 Å². The van der Waals surface area contributed by atoms with Crippen molar-refractivity contribution >= 4 is 16.7 Å². The van der Waals surface area contributed by atoms with Crippen molar-refractivity contribution in [2.45, 2.75) is 57.1 Å². The molecule has 0 spiro atoms. The van der Waals surface area contributed by atoms with Crippen molar-refractivity contribution in [2.24, 2.45) is 5.73 Å². The van der Waals surface area contributed by atoms with Crippen LogP contribution in [0, 0.1) is 0 Å². The first-order valence-corrected chi connectivity index (χ1v) is 12.7. The van der Waals surface area contributed by atoms with Crippen molar-refractivity contribution < 1.29 is 22.7 Å². The number of carbonyl (C=O) groups excluding carboxylic acids is 1. The summed E-state index contributed by atoms with van der Waals surface area (Å²) in [5.41, 5.74) is 9.61. The standard InChI is InChI=1S/C28H35F3N4O2/c1-34(2)18-20-6-11-25-23(17-20)24(21-7-9-22(10-8-21)37-28(29,30)31)19-35(25)16-4-3-5-26(36)27(32)12-14-33-15-13-27/h6-11,17,19,33H,3-5,12-16,18,32H2,1-2H3. The molecule has 2 aromatic carbocycles. The lowest BCUT2D eigenvalue weighted by molar-refractivity contribution is -0.274.